The Balaban J connectivity index is 1.64. The number of likely N-dealkylation sites (tertiary alicyclic amines) is 1. The molecule has 1 aromatic heterocycles. The van der Waals surface area contributed by atoms with Gasteiger partial charge in [-0.15, -0.1) is 0 Å². The maximum Gasteiger partial charge on any atom is 0.0983 e. The van der Waals surface area contributed by atoms with Crippen molar-refractivity contribution in [3.05, 3.63) is 41.0 Å². The van der Waals surface area contributed by atoms with Crippen molar-refractivity contribution in [3.63, 3.8) is 0 Å². The third kappa shape index (κ3) is 3.42. The Morgan fingerprint density at radius 3 is 2.73 bits per heavy atom. The van der Waals surface area contributed by atoms with Crippen LogP contribution in [0.3, 0.4) is 0 Å². The number of benzene rings is 1. The number of hydrogen-bond donors (Lipinski definition) is 1. The zero-order valence-corrected chi connectivity index (χ0v) is 16.8. The molecule has 0 saturated carbocycles. The van der Waals surface area contributed by atoms with E-state index in [1.54, 1.807) is 0 Å². The van der Waals surface area contributed by atoms with E-state index in [0.717, 1.165) is 22.8 Å². The lowest BCUT2D eigenvalue weighted by Gasteiger charge is -2.23. The van der Waals surface area contributed by atoms with Gasteiger partial charge in [0.1, 0.15) is 0 Å². The molecule has 2 aliphatic rings. The Bertz CT molecular complexity index is 784. The molecule has 4 nitrogen and oxygen atoms in total. The van der Waals surface area contributed by atoms with Crippen molar-refractivity contribution >= 4 is 11.6 Å². The van der Waals surface area contributed by atoms with Crippen molar-refractivity contribution in [2.24, 2.45) is 5.41 Å². The maximum atomic E-state index is 6.50. The van der Waals surface area contributed by atoms with Crippen molar-refractivity contribution in [3.8, 4) is 11.3 Å². The summed E-state index contributed by atoms with van der Waals surface area (Å²) in [7, 11) is 0. The van der Waals surface area contributed by atoms with Crippen LogP contribution in [-0.2, 0) is 12.1 Å². The smallest absolute Gasteiger partial charge is 0.0983 e. The van der Waals surface area contributed by atoms with Gasteiger partial charge < -0.3 is 5.32 Å². The minimum absolute atomic E-state index is 0.0458. The Labute approximate surface area is 161 Å². The van der Waals surface area contributed by atoms with Crippen LogP contribution in [0.1, 0.15) is 39.2 Å². The summed E-state index contributed by atoms with van der Waals surface area (Å²) in [6.45, 7) is 12.2. The van der Waals surface area contributed by atoms with Gasteiger partial charge in [-0.2, -0.15) is 5.10 Å². The van der Waals surface area contributed by atoms with E-state index >= 15 is 0 Å². The Morgan fingerprint density at radius 1 is 1.23 bits per heavy atom. The van der Waals surface area contributed by atoms with Gasteiger partial charge in [0.05, 0.1) is 16.3 Å². The number of halogens is 1. The highest BCUT2D eigenvalue weighted by molar-refractivity contribution is 6.33. The van der Waals surface area contributed by atoms with Gasteiger partial charge in [0.2, 0.25) is 0 Å². The van der Waals surface area contributed by atoms with E-state index in [0.29, 0.717) is 5.41 Å². The summed E-state index contributed by atoms with van der Waals surface area (Å²) in [4.78, 5) is 2.59. The van der Waals surface area contributed by atoms with Crippen LogP contribution >= 0.6 is 11.6 Å². The second kappa shape index (κ2) is 6.66. The van der Waals surface area contributed by atoms with Crippen LogP contribution < -0.4 is 5.32 Å². The van der Waals surface area contributed by atoms with Crippen molar-refractivity contribution in [1.29, 1.82) is 0 Å². The number of aromatic nitrogens is 2. The maximum absolute atomic E-state index is 6.50. The number of rotatable bonds is 3. The molecule has 140 valence electrons. The molecule has 2 aliphatic heterocycles. The van der Waals surface area contributed by atoms with Gasteiger partial charge in [-0.05, 0) is 58.2 Å². The Kier molecular flexibility index (Phi) is 4.62. The topological polar surface area (TPSA) is 33.1 Å². The van der Waals surface area contributed by atoms with Gasteiger partial charge in [-0.1, -0.05) is 29.8 Å². The molecule has 0 bridgehead atoms. The fraction of sp³-hybridized carbons (Fsp3) is 0.571. The molecule has 1 spiro atoms. The van der Waals surface area contributed by atoms with Crippen LogP contribution in [0.2, 0.25) is 5.02 Å². The first-order valence-electron chi connectivity index (χ1n) is 9.63. The predicted molar refractivity (Wildman–Crippen MR) is 107 cm³/mol. The molecule has 0 amide bonds. The Hall–Kier alpha value is -1.36. The van der Waals surface area contributed by atoms with E-state index in [2.05, 4.69) is 47.9 Å². The first kappa shape index (κ1) is 18.0. The summed E-state index contributed by atoms with van der Waals surface area (Å²) in [6, 6.07) is 8.04. The van der Waals surface area contributed by atoms with Crippen LogP contribution in [0.4, 0.5) is 0 Å². The second-order valence-electron chi connectivity index (χ2n) is 8.99. The lowest BCUT2D eigenvalue weighted by molar-refractivity contribution is 0.268. The van der Waals surface area contributed by atoms with E-state index in [1.807, 2.05) is 18.2 Å². The minimum atomic E-state index is -0.0458. The van der Waals surface area contributed by atoms with E-state index < -0.39 is 0 Å². The van der Waals surface area contributed by atoms with Crippen LogP contribution in [-0.4, -0.2) is 40.9 Å². The monoisotopic (exact) mass is 372 g/mol. The van der Waals surface area contributed by atoms with Gasteiger partial charge in [0.25, 0.3) is 0 Å². The summed E-state index contributed by atoms with van der Waals surface area (Å²) < 4.78 is 2.09. The van der Waals surface area contributed by atoms with Crippen LogP contribution in [0.15, 0.2) is 30.5 Å². The van der Waals surface area contributed by atoms with Crippen molar-refractivity contribution in [1.82, 2.24) is 20.0 Å². The molecule has 2 fully saturated rings. The minimum Gasteiger partial charge on any atom is -0.316 e. The largest absolute Gasteiger partial charge is 0.316 e. The normalized spacial score (nSPS) is 24.0. The van der Waals surface area contributed by atoms with Crippen LogP contribution in [0.25, 0.3) is 11.3 Å². The number of nitrogens with zero attached hydrogens (tertiary/aromatic N) is 3. The number of nitrogens with one attached hydrogen (secondary N) is 1. The lowest BCUT2D eigenvalue weighted by atomic mass is 9.86. The molecule has 1 unspecified atom stereocenters. The molecule has 5 heteroatoms. The summed E-state index contributed by atoms with van der Waals surface area (Å²) >= 11 is 6.50. The molecule has 1 aromatic carbocycles. The second-order valence-corrected chi connectivity index (χ2v) is 9.39. The molecule has 26 heavy (non-hydrogen) atoms. The van der Waals surface area contributed by atoms with Gasteiger partial charge in [-0.3, -0.25) is 9.58 Å². The summed E-state index contributed by atoms with van der Waals surface area (Å²) in [6.07, 6.45) is 4.83. The molecule has 1 atom stereocenters. The molecule has 0 radical (unpaired) electrons. The zero-order valence-electron chi connectivity index (χ0n) is 16.1. The van der Waals surface area contributed by atoms with E-state index in [-0.39, 0.29) is 5.54 Å². The molecule has 2 aromatic rings. The molecule has 2 saturated heterocycles. The van der Waals surface area contributed by atoms with Crippen molar-refractivity contribution in [2.45, 2.75) is 45.7 Å². The molecule has 1 N–H and O–H groups in total. The van der Waals surface area contributed by atoms with E-state index in [1.165, 1.54) is 44.6 Å². The Morgan fingerprint density at radius 2 is 2.04 bits per heavy atom. The van der Waals surface area contributed by atoms with E-state index in [4.69, 9.17) is 16.7 Å². The van der Waals surface area contributed by atoms with Crippen LogP contribution in [0, 0.1) is 5.41 Å². The van der Waals surface area contributed by atoms with Gasteiger partial charge in [-0.25, -0.2) is 0 Å². The highest BCUT2D eigenvalue weighted by Crippen LogP contribution is 2.38. The summed E-state index contributed by atoms with van der Waals surface area (Å²) in [5.74, 6) is 0. The van der Waals surface area contributed by atoms with Gasteiger partial charge in [0.15, 0.2) is 0 Å². The van der Waals surface area contributed by atoms with Crippen molar-refractivity contribution in [2.75, 3.05) is 26.2 Å². The van der Waals surface area contributed by atoms with Crippen LogP contribution in [0.5, 0.6) is 0 Å². The third-order valence-electron chi connectivity index (χ3n) is 5.85. The fourth-order valence-corrected chi connectivity index (χ4v) is 4.52. The highest BCUT2D eigenvalue weighted by Gasteiger charge is 2.40. The molecule has 0 aliphatic carbocycles. The summed E-state index contributed by atoms with van der Waals surface area (Å²) in [5, 5.41) is 9.25. The van der Waals surface area contributed by atoms with Gasteiger partial charge >= 0.3 is 0 Å². The number of hydrogen-bond acceptors (Lipinski definition) is 3. The molecule has 4 rings (SSSR count). The highest BCUT2D eigenvalue weighted by atomic mass is 35.5. The van der Waals surface area contributed by atoms with Crippen molar-refractivity contribution < 1.29 is 0 Å². The average molecular weight is 373 g/mol. The molecular weight excluding hydrogens is 344 g/mol. The first-order chi connectivity index (χ1) is 12.4. The van der Waals surface area contributed by atoms with E-state index in [9.17, 15) is 0 Å². The first-order valence-corrected chi connectivity index (χ1v) is 10.0. The molecule has 3 heterocycles. The molecular formula is C21H29ClN4. The zero-order chi connectivity index (χ0) is 18.4. The summed E-state index contributed by atoms with van der Waals surface area (Å²) in [5.41, 5.74) is 3.77. The average Bonchev–Trinajstić information content (AvgIpc) is 3.30. The standard InChI is InChI=1S/C21H29ClN4/c1-20(2,3)26-13-16(19(24-26)17-6-4-5-7-18(17)22)12-25-11-9-21(15-25)8-10-23-14-21/h4-7,13,23H,8-12,14-15H2,1-3H3. The quantitative estimate of drug-likeness (QED) is 0.878. The predicted octanol–water partition coefficient (Wildman–Crippen LogP) is 4.14. The lowest BCUT2D eigenvalue weighted by Crippen LogP contribution is -2.29. The SMILES string of the molecule is CC(C)(C)n1cc(CN2CCC3(CCNC3)C2)c(-c2ccccc2Cl)n1. The van der Waals surface area contributed by atoms with Gasteiger partial charge in [0, 0.05) is 37.0 Å². The fourth-order valence-electron chi connectivity index (χ4n) is 4.30. The third-order valence-corrected chi connectivity index (χ3v) is 6.18.